The van der Waals surface area contributed by atoms with Crippen molar-refractivity contribution < 1.29 is 14.3 Å². The Morgan fingerprint density at radius 2 is 1.74 bits per heavy atom. The summed E-state index contributed by atoms with van der Waals surface area (Å²) in [5.74, 6) is -0.667. The van der Waals surface area contributed by atoms with Crippen LogP contribution >= 0.6 is 0 Å². The van der Waals surface area contributed by atoms with E-state index < -0.39 is 5.97 Å². The topological polar surface area (TPSA) is 80.3 Å². The standard InChI is InChI=1S/C21H19N3O3/c1-27-21(26)16-8-5-9-17(12-16)24-18-10-11-22-19(13-18)20(25)23-14-15-6-3-2-4-7-15/h2-13H,14H2,1H3,(H,22,24)(H,23,25). The molecule has 2 N–H and O–H groups in total. The summed E-state index contributed by atoms with van der Waals surface area (Å²) >= 11 is 0. The predicted octanol–water partition coefficient (Wildman–Crippen LogP) is 3.54. The molecule has 0 saturated heterocycles. The molecule has 1 aromatic heterocycles. The Balaban J connectivity index is 1.68. The van der Waals surface area contributed by atoms with E-state index in [4.69, 9.17) is 4.74 Å². The van der Waals surface area contributed by atoms with E-state index in [2.05, 4.69) is 15.6 Å². The smallest absolute Gasteiger partial charge is 0.337 e. The SMILES string of the molecule is COC(=O)c1cccc(Nc2ccnc(C(=O)NCc3ccccc3)c2)c1. The molecule has 6 heteroatoms. The van der Waals surface area contributed by atoms with E-state index in [0.717, 1.165) is 5.56 Å². The van der Waals surface area contributed by atoms with E-state index in [1.165, 1.54) is 7.11 Å². The number of nitrogens with zero attached hydrogens (tertiary/aromatic N) is 1. The van der Waals surface area contributed by atoms with Gasteiger partial charge >= 0.3 is 5.97 Å². The highest BCUT2D eigenvalue weighted by molar-refractivity contribution is 5.93. The molecular weight excluding hydrogens is 342 g/mol. The van der Waals surface area contributed by atoms with Crippen LogP contribution in [0.5, 0.6) is 0 Å². The molecule has 0 saturated carbocycles. The lowest BCUT2D eigenvalue weighted by atomic mass is 10.2. The van der Waals surface area contributed by atoms with Gasteiger partial charge in [-0.2, -0.15) is 0 Å². The maximum absolute atomic E-state index is 12.3. The number of amides is 1. The highest BCUT2D eigenvalue weighted by atomic mass is 16.5. The number of ether oxygens (including phenoxy) is 1. The van der Waals surface area contributed by atoms with Crippen molar-refractivity contribution >= 4 is 23.3 Å². The first-order valence-corrected chi connectivity index (χ1v) is 8.39. The molecular formula is C21H19N3O3. The summed E-state index contributed by atoms with van der Waals surface area (Å²) in [5.41, 5.74) is 3.16. The number of benzene rings is 2. The zero-order valence-corrected chi connectivity index (χ0v) is 14.8. The quantitative estimate of drug-likeness (QED) is 0.657. The van der Waals surface area contributed by atoms with Crippen LogP contribution in [0.3, 0.4) is 0 Å². The van der Waals surface area contributed by atoms with Gasteiger partial charge in [-0.3, -0.25) is 9.78 Å². The van der Waals surface area contributed by atoms with E-state index in [1.54, 1.807) is 36.5 Å². The Bertz CT molecular complexity index is 942. The third-order valence-corrected chi connectivity index (χ3v) is 3.86. The van der Waals surface area contributed by atoms with Crippen LogP contribution in [0, 0.1) is 0 Å². The average Bonchev–Trinajstić information content (AvgIpc) is 2.72. The molecule has 3 aromatic rings. The van der Waals surface area contributed by atoms with E-state index >= 15 is 0 Å². The zero-order chi connectivity index (χ0) is 19.1. The molecule has 2 aromatic carbocycles. The van der Waals surface area contributed by atoms with Crippen molar-refractivity contribution in [1.82, 2.24) is 10.3 Å². The van der Waals surface area contributed by atoms with Gasteiger partial charge in [0, 0.05) is 24.1 Å². The van der Waals surface area contributed by atoms with E-state index in [0.29, 0.717) is 29.2 Å². The lowest BCUT2D eigenvalue weighted by Crippen LogP contribution is -2.23. The molecule has 3 rings (SSSR count). The molecule has 27 heavy (non-hydrogen) atoms. The lowest BCUT2D eigenvalue weighted by Gasteiger charge is -2.09. The molecule has 0 unspecified atom stereocenters. The van der Waals surface area contributed by atoms with Crippen LogP contribution in [0.4, 0.5) is 11.4 Å². The summed E-state index contributed by atoms with van der Waals surface area (Å²) in [6.07, 6.45) is 1.56. The number of hydrogen-bond donors (Lipinski definition) is 2. The number of esters is 1. The van der Waals surface area contributed by atoms with Crippen LogP contribution in [-0.2, 0) is 11.3 Å². The summed E-state index contributed by atoms with van der Waals surface area (Å²) in [6, 6.07) is 20.0. The number of nitrogens with one attached hydrogen (secondary N) is 2. The van der Waals surface area contributed by atoms with E-state index in [-0.39, 0.29) is 5.91 Å². The number of anilines is 2. The van der Waals surface area contributed by atoms with Crippen LogP contribution in [0.2, 0.25) is 0 Å². The first kappa shape index (κ1) is 18.1. The second-order valence-electron chi connectivity index (χ2n) is 5.80. The molecule has 0 radical (unpaired) electrons. The molecule has 0 aliphatic heterocycles. The third-order valence-electron chi connectivity index (χ3n) is 3.86. The van der Waals surface area contributed by atoms with Gasteiger partial charge in [-0.05, 0) is 35.9 Å². The Kier molecular flexibility index (Phi) is 5.79. The van der Waals surface area contributed by atoms with Gasteiger partial charge in [-0.15, -0.1) is 0 Å². The van der Waals surface area contributed by atoms with Gasteiger partial charge in [0.05, 0.1) is 12.7 Å². The number of rotatable bonds is 6. The molecule has 0 aliphatic carbocycles. The number of aromatic nitrogens is 1. The van der Waals surface area contributed by atoms with Gasteiger partial charge in [0.15, 0.2) is 0 Å². The third kappa shape index (κ3) is 4.92. The largest absolute Gasteiger partial charge is 0.465 e. The van der Waals surface area contributed by atoms with Crippen LogP contribution in [0.15, 0.2) is 72.9 Å². The van der Waals surface area contributed by atoms with Gasteiger partial charge in [0.2, 0.25) is 0 Å². The molecule has 1 amide bonds. The summed E-state index contributed by atoms with van der Waals surface area (Å²) in [6.45, 7) is 0.431. The highest BCUT2D eigenvalue weighted by Crippen LogP contribution is 2.18. The first-order valence-electron chi connectivity index (χ1n) is 8.39. The van der Waals surface area contributed by atoms with E-state index in [9.17, 15) is 9.59 Å². The van der Waals surface area contributed by atoms with Crippen LogP contribution < -0.4 is 10.6 Å². The van der Waals surface area contributed by atoms with Crippen molar-refractivity contribution in [1.29, 1.82) is 0 Å². The summed E-state index contributed by atoms with van der Waals surface area (Å²) in [7, 11) is 1.34. The summed E-state index contributed by atoms with van der Waals surface area (Å²) in [5, 5.41) is 6.01. The van der Waals surface area contributed by atoms with Crippen molar-refractivity contribution in [2.75, 3.05) is 12.4 Å². The Morgan fingerprint density at radius 1 is 0.963 bits per heavy atom. The molecule has 0 bridgehead atoms. The van der Waals surface area contributed by atoms with Gasteiger partial charge in [0.25, 0.3) is 5.91 Å². The number of carbonyl (C=O) groups excluding carboxylic acids is 2. The second-order valence-corrected chi connectivity index (χ2v) is 5.80. The second kappa shape index (κ2) is 8.62. The lowest BCUT2D eigenvalue weighted by molar-refractivity contribution is 0.0600. The fourth-order valence-corrected chi connectivity index (χ4v) is 2.51. The number of pyridine rings is 1. The molecule has 6 nitrogen and oxygen atoms in total. The first-order chi connectivity index (χ1) is 13.2. The van der Waals surface area contributed by atoms with Crippen molar-refractivity contribution in [2.45, 2.75) is 6.54 Å². The Hall–Kier alpha value is -3.67. The molecule has 0 fully saturated rings. The van der Waals surface area contributed by atoms with Gasteiger partial charge in [-0.1, -0.05) is 36.4 Å². The highest BCUT2D eigenvalue weighted by Gasteiger charge is 2.09. The average molecular weight is 361 g/mol. The number of methoxy groups -OCH3 is 1. The minimum Gasteiger partial charge on any atom is -0.465 e. The monoisotopic (exact) mass is 361 g/mol. The molecule has 0 aliphatic rings. The maximum atomic E-state index is 12.3. The van der Waals surface area contributed by atoms with Crippen LogP contribution in [0.25, 0.3) is 0 Å². The van der Waals surface area contributed by atoms with E-state index in [1.807, 2.05) is 36.4 Å². The fraction of sp³-hybridized carbons (Fsp3) is 0.0952. The molecule has 0 spiro atoms. The summed E-state index contributed by atoms with van der Waals surface area (Å²) < 4.78 is 4.73. The van der Waals surface area contributed by atoms with Crippen molar-refractivity contribution in [3.05, 3.63) is 89.7 Å². The van der Waals surface area contributed by atoms with Crippen molar-refractivity contribution in [3.63, 3.8) is 0 Å². The Labute approximate surface area is 157 Å². The van der Waals surface area contributed by atoms with Crippen molar-refractivity contribution in [3.8, 4) is 0 Å². The minimum absolute atomic E-state index is 0.259. The van der Waals surface area contributed by atoms with Crippen molar-refractivity contribution in [2.24, 2.45) is 0 Å². The summed E-state index contributed by atoms with van der Waals surface area (Å²) in [4.78, 5) is 28.1. The number of carbonyl (C=O) groups is 2. The van der Waals surface area contributed by atoms with Crippen LogP contribution in [0.1, 0.15) is 26.4 Å². The fourth-order valence-electron chi connectivity index (χ4n) is 2.51. The zero-order valence-electron chi connectivity index (χ0n) is 14.8. The van der Waals surface area contributed by atoms with Gasteiger partial charge < -0.3 is 15.4 Å². The maximum Gasteiger partial charge on any atom is 0.337 e. The van der Waals surface area contributed by atoms with Crippen LogP contribution in [-0.4, -0.2) is 24.0 Å². The Morgan fingerprint density at radius 3 is 2.52 bits per heavy atom. The molecule has 0 atom stereocenters. The number of hydrogen-bond acceptors (Lipinski definition) is 5. The minimum atomic E-state index is -0.408. The molecule has 1 heterocycles. The molecule has 136 valence electrons. The normalized spacial score (nSPS) is 10.1. The van der Waals surface area contributed by atoms with Gasteiger partial charge in [-0.25, -0.2) is 4.79 Å². The predicted molar refractivity (Wildman–Crippen MR) is 103 cm³/mol. The van der Waals surface area contributed by atoms with Gasteiger partial charge in [0.1, 0.15) is 5.69 Å².